The first kappa shape index (κ1) is 13.2. The van der Waals surface area contributed by atoms with Gasteiger partial charge in [0.05, 0.1) is 13.2 Å². The second kappa shape index (κ2) is 7.41. The van der Waals surface area contributed by atoms with Crippen LogP contribution in [-0.4, -0.2) is 32.1 Å². The van der Waals surface area contributed by atoms with E-state index in [2.05, 4.69) is 4.74 Å². The Kier molecular flexibility index (Phi) is 6.11. The molecule has 92 valence electrons. The van der Waals surface area contributed by atoms with Crippen LogP contribution in [0.15, 0.2) is 12.2 Å². The zero-order chi connectivity index (χ0) is 11.8. The molecule has 1 aliphatic heterocycles. The third-order valence-electron chi connectivity index (χ3n) is 2.45. The molecule has 0 saturated carbocycles. The van der Waals surface area contributed by atoms with Crippen molar-refractivity contribution in [3.8, 4) is 0 Å². The number of carbonyl (C=O) groups is 1. The highest BCUT2D eigenvalue weighted by atomic mass is 16.7. The van der Waals surface area contributed by atoms with Crippen molar-refractivity contribution in [2.24, 2.45) is 0 Å². The normalized spacial score (nSPS) is 23.2. The monoisotopic (exact) mass is 228 g/mol. The molecule has 4 nitrogen and oxygen atoms in total. The number of rotatable bonds is 5. The molecule has 0 N–H and O–H groups in total. The number of hydrogen-bond acceptors (Lipinski definition) is 4. The summed E-state index contributed by atoms with van der Waals surface area (Å²) in [6.07, 6.45) is 7.10. The molecule has 1 rings (SSSR count). The van der Waals surface area contributed by atoms with Crippen LogP contribution in [0.5, 0.6) is 0 Å². The predicted octanol–water partition coefficient (Wildman–Crippen LogP) is 2.04. The van der Waals surface area contributed by atoms with Crippen LogP contribution < -0.4 is 0 Å². The minimum atomic E-state index is -0.332. The van der Waals surface area contributed by atoms with Crippen molar-refractivity contribution in [3.05, 3.63) is 12.2 Å². The highest BCUT2D eigenvalue weighted by Gasteiger charge is 2.16. The molecule has 0 bridgehead atoms. The third-order valence-corrected chi connectivity index (χ3v) is 2.45. The van der Waals surface area contributed by atoms with Gasteiger partial charge in [-0.05, 0) is 32.6 Å². The molecule has 0 aromatic heterocycles. The smallest absolute Gasteiger partial charge is 0.330 e. The molecule has 0 aromatic carbocycles. The fourth-order valence-electron chi connectivity index (χ4n) is 1.56. The highest BCUT2D eigenvalue weighted by Crippen LogP contribution is 2.16. The predicted molar refractivity (Wildman–Crippen MR) is 59.9 cm³/mol. The van der Waals surface area contributed by atoms with Crippen molar-refractivity contribution >= 4 is 5.97 Å². The van der Waals surface area contributed by atoms with E-state index in [0.717, 1.165) is 25.9 Å². The molecule has 0 aliphatic carbocycles. The first-order valence-corrected chi connectivity index (χ1v) is 5.74. The quantitative estimate of drug-likeness (QED) is 0.533. The maximum absolute atomic E-state index is 10.8. The van der Waals surface area contributed by atoms with Crippen LogP contribution in [-0.2, 0) is 19.0 Å². The number of methoxy groups -OCH3 is 1. The molecular formula is C12H20O4. The van der Waals surface area contributed by atoms with Crippen LogP contribution in [0.4, 0.5) is 0 Å². The summed E-state index contributed by atoms with van der Waals surface area (Å²) in [6, 6.07) is 0. The van der Waals surface area contributed by atoms with E-state index in [1.54, 1.807) is 6.08 Å². The lowest BCUT2D eigenvalue weighted by molar-refractivity contribution is -0.183. The first-order valence-electron chi connectivity index (χ1n) is 5.74. The van der Waals surface area contributed by atoms with E-state index < -0.39 is 0 Å². The third kappa shape index (κ3) is 5.28. The van der Waals surface area contributed by atoms with E-state index in [1.165, 1.54) is 13.2 Å². The van der Waals surface area contributed by atoms with Crippen molar-refractivity contribution in [3.63, 3.8) is 0 Å². The summed E-state index contributed by atoms with van der Waals surface area (Å²) in [5.74, 6) is -0.332. The average Bonchev–Trinajstić information content (AvgIpc) is 2.30. The van der Waals surface area contributed by atoms with Gasteiger partial charge in [-0.2, -0.15) is 0 Å². The Hall–Kier alpha value is -0.870. The van der Waals surface area contributed by atoms with Gasteiger partial charge in [0.25, 0.3) is 0 Å². The Morgan fingerprint density at radius 2 is 2.38 bits per heavy atom. The Balaban J connectivity index is 2.16. The summed E-state index contributed by atoms with van der Waals surface area (Å²) in [5, 5.41) is 0. The maximum Gasteiger partial charge on any atom is 0.330 e. The second-order valence-electron chi connectivity index (χ2n) is 3.90. The molecule has 0 aromatic rings. The fourth-order valence-corrected chi connectivity index (χ4v) is 1.56. The van der Waals surface area contributed by atoms with Crippen molar-refractivity contribution in [1.29, 1.82) is 0 Å². The van der Waals surface area contributed by atoms with Gasteiger partial charge in [0, 0.05) is 12.7 Å². The largest absolute Gasteiger partial charge is 0.466 e. The van der Waals surface area contributed by atoms with E-state index >= 15 is 0 Å². The molecule has 1 unspecified atom stereocenters. The summed E-state index contributed by atoms with van der Waals surface area (Å²) in [5.41, 5.74) is 0. The van der Waals surface area contributed by atoms with Gasteiger partial charge >= 0.3 is 5.97 Å². The van der Waals surface area contributed by atoms with Crippen LogP contribution in [0.3, 0.4) is 0 Å². The molecular weight excluding hydrogens is 208 g/mol. The van der Waals surface area contributed by atoms with Gasteiger partial charge in [0.1, 0.15) is 0 Å². The van der Waals surface area contributed by atoms with Crippen LogP contribution >= 0.6 is 0 Å². The summed E-state index contributed by atoms with van der Waals surface area (Å²) in [7, 11) is 1.36. The minimum absolute atomic E-state index is 0.0593. The van der Waals surface area contributed by atoms with E-state index in [0.29, 0.717) is 6.42 Å². The molecule has 1 saturated heterocycles. The Labute approximate surface area is 96.6 Å². The zero-order valence-corrected chi connectivity index (χ0v) is 9.98. The van der Waals surface area contributed by atoms with Crippen molar-refractivity contribution < 1.29 is 19.0 Å². The number of hydrogen-bond donors (Lipinski definition) is 0. The molecule has 1 heterocycles. The Bertz CT molecular complexity index is 231. The molecule has 0 radical (unpaired) electrons. The second-order valence-corrected chi connectivity index (χ2v) is 3.90. The van der Waals surface area contributed by atoms with E-state index in [1.807, 2.05) is 6.92 Å². The van der Waals surface area contributed by atoms with Gasteiger partial charge < -0.3 is 14.2 Å². The van der Waals surface area contributed by atoms with Crippen LogP contribution in [0.1, 0.15) is 32.6 Å². The molecule has 4 heteroatoms. The van der Waals surface area contributed by atoms with Gasteiger partial charge in [-0.25, -0.2) is 4.79 Å². The molecule has 0 amide bonds. The highest BCUT2D eigenvalue weighted by molar-refractivity contribution is 5.81. The molecule has 1 aliphatic rings. The van der Waals surface area contributed by atoms with Crippen molar-refractivity contribution in [2.75, 3.05) is 13.7 Å². The van der Waals surface area contributed by atoms with Gasteiger partial charge in [-0.15, -0.1) is 0 Å². The Morgan fingerprint density at radius 1 is 1.56 bits per heavy atom. The fraction of sp³-hybridized carbons (Fsp3) is 0.750. The lowest BCUT2D eigenvalue weighted by Gasteiger charge is -2.25. The van der Waals surface area contributed by atoms with Crippen molar-refractivity contribution in [1.82, 2.24) is 0 Å². The maximum atomic E-state index is 10.8. The first-order chi connectivity index (χ1) is 7.72. The van der Waals surface area contributed by atoms with Gasteiger partial charge in [-0.1, -0.05) is 6.08 Å². The number of ether oxygens (including phenoxy) is 3. The summed E-state index contributed by atoms with van der Waals surface area (Å²) < 4.78 is 15.6. The van der Waals surface area contributed by atoms with Gasteiger partial charge in [-0.3, -0.25) is 0 Å². The molecule has 16 heavy (non-hydrogen) atoms. The minimum Gasteiger partial charge on any atom is -0.466 e. The topological polar surface area (TPSA) is 44.8 Å². The molecule has 1 fully saturated rings. The molecule has 0 spiro atoms. The number of esters is 1. The Morgan fingerprint density at radius 3 is 3.00 bits per heavy atom. The lowest BCUT2D eigenvalue weighted by atomic mass is 10.2. The zero-order valence-electron chi connectivity index (χ0n) is 9.98. The van der Waals surface area contributed by atoms with Crippen LogP contribution in [0.2, 0.25) is 0 Å². The van der Waals surface area contributed by atoms with Crippen LogP contribution in [0.25, 0.3) is 0 Å². The summed E-state index contributed by atoms with van der Waals surface area (Å²) in [4.78, 5) is 10.8. The summed E-state index contributed by atoms with van der Waals surface area (Å²) >= 11 is 0. The van der Waals surface area contributed by atoms with E-state index in [4.69, 9.17) is 9.47 Å². The standard InChI is InChI=1S/C12H20O4/c1-10(6-5-7-11(13)14-2)16-12-8-3-4-9-15-12/h5,7,10,12H,3-4,6,8-9H2,1-2H3/b7-5+/t10-,12?/m1/s1. The van der Waals surface area contributed by atoms with E-state index in [9.17, 15) is 4.79 Å². The SMILES string of the molecule is COC(=O)/C=C/C[C@@H](C)OC1CCCCO1. The molecule has 2 atom stereocenters. The summed E-state index contributed by atoms with van der Waals surface area (Å²) in [6.45, 7) is 2.76. The van der Waals surface area contributed by atoms with Gasteiger partial charge in [0.2, 0.25) is 0 Å². The number of carbonyl (C=O) groups excluding carboxylic acids is 1. The van der Waals surface area contributed by atoms with Gasteiger partial charge in [0.15, 0.2) is 6.29 Å². The van der Waals surface area contributed by atoms with E-state index in [-0.39, 0.29) is 18.4 Å². The lowest BCUT2D eigenvalue weighted by Crippen LogP contribution is -2.26. The van der Waals surface area contributed by atoms with Crippen molar-refractivity contribution in [2.45, 2.75) is 45.0 Å². The van der Waals surface area contributed by atoms with Crippen LogP contribution in [0, 0.1) is 0 Å². The average molecular weight is 228 g/mol.